The van der Waals surface area contributed by atoms with E-state index < -0.39 is 12.1 Å². The topological polar surface area (TPSA) is 100 Å². The van der Waals surface area contributed by atoms with Gasteiger partial charge in [0.25, 0.3) is 0 Å². The van der Waals surface area contributed by atoms with Crippen LogP contribution >= 0.6 is 0 Å². The van der Waals surface area contributed by atoms with Gasteiger partial charge >= 0.3 is 5.97 Å². The van der Waals surface area contributed by atoms with Gasteiger partial charge in [-0.15, -0.1) is 0 Å². The van der Waals surface area contributed by atoms with Crippen LogP contribution in [-0.4, -0.2) is 41.5 Å². The minimum Gasteiger partial charge on any atom is -0.506 e. The van der Waals surface area contributed by atoms with E-state index in [4.69, 9.17) is 9.47 Å². The molecule has 1 unspecified atom stereocenters. The first-order chi connectivity index (χ1) is 14.2. The Labute approximate surface area is 178 Å². The van der Waals surface area contributed by atoms with E-state index in [1.54, 1.807) is 37.3 Å². The van der Waals surface area contributed by atoms with Crippen LogP contribution in [0.5, 0.6) is 11.5 Å². The molecule has 164 valence electrons. The van der Waals surface area contributed by atoms with Gasteiger partial charge in [-0.05, 0) is 63.1 Å². The quantitative estimate of drug-likeness (QED) is 0.348. The number of aromatic hydroxyl groups is 1. The molecular weight excluding hydrogens is 384 g/mol. The third-order valence-electron chi connectivity index (χ3n) is 4.30. The molecule has 0 spiro atoms. The molecule has 0 radical (unpaired) electrons. The second-order valence-electron chi connectivity index (χ2n) is 8.01. The van der Waals surface area contributed by atoms with E-state index in [9.17, 15) is 15.0 Å². The Morgan fingerprint density at radius 1 is 1.13 bits per heavy atom. The fourth-order valence-electron chi connectivity index (χ4n) is 2.67. The molecule has 7 heteroatoms. The molecule has 0 aromatic heterocycles. The molecule has 0 heterocycles. The summed E-state index contributed by atoms with van der Waals surface area (Å²) in [5.74, 6) is 0.286. The van der Waals surface area contributed by atoms with Gasteiger partial charge in [0, 0.05) is 18.6 Å². The van der Waals surface area contributed by atoms with Gasteiger partial charge in [0.2, 0.25) is 0 Å². The van der Waals surface area contributed by atoms with Crippen LogP contribution in [0.4, 0.5) is 5.69 Å². The fraction of sp³-hybridized carbons (Fsp3) is 0.435. The number of aliphatic hydroxyl groups is 1. The lowest BCUT2D eigenvalue weighted by atomic mass is 10.1. The Hall–Kier alpha value is -2.77. The number of hydrogen-bond donors (Lipinski definition) is 4. The number of carbonyl (C=O) groups is 1. The number of phenols is 1. The molecule has 2 rings (SSSR count). The molecule has 0 amide bonds. The Bertz CT molecular complexity index is 815. The Morgan fingerprint density at radius 3 is 2.47 bits per heavy atom. The molecule has 2 aromatic rings. The number of esters is 1. The number of rotatable bonds is 10. The first kappa shape index (κ1) is 23.5. The van der Waals surface area contributed by atoms with Gasteiger partial charge in [-0.2, -0.15) is 0 Å². The Balaban J connectivity index is 1.92. The van der Waals surface area contributed by atoms with Gasteiger partial charge < -0.3 is 30.3 Å². The molecule has 0 aliphatic rings. The standard InChI is InChI=1S/C23H32N2O5/c1-5-29-22(28)15-30-18-9-6-16(7-10-18)13-24-19-12-17(8-11-20(19)26)21(27)14-25-23(2,3)4/h6-12,21,24-27H,5,13-15H2,1-4H3. The van der Waals surface area contributed by atoms with E-state index in [1.807, 2.05) is 32.9 Å². The van der Waals surface area contributed by atoms with E-state index in [-0.39, 0.29) is 17.9 Å². The number of benzene rings is 2. The van der Waals surface area contributed by atoms with Crippen molar-refractivity contribution in [1.29, 1.82) is 0 Å². The van der Waals surface area contributed by atoms with E-state index in [0.29, 0.717) is 31.1 Å². The van der Waals surface area contributed by atoms with Crippen molar-refractivity contribution in [1.82, 2.24) is 5.32 Å². The number of anilines is 1. The first-order valence-corrected chi connectivity index (χ1v) is 10.0. The van der Waals surface area contributed by atoms with Gasteiger partial charge in [-0.1, -0.05) is 18.2 Å². The normalized spacial score (nSPS) is 12.3. The zero-order valence-corrected chi connectivity index (χ0v) is 18.1. The average molecular weight is 417 g/mol. The molecule has 0 aliphatic heterocycles. The number of nitrogens with one attached hydrogen (secondary N) is 2. The summed E-state index contributed by atoms with van der Waals surface area (Å²) >= 11 is 0. The van der Waals surface area contributed by atoms with E-state index in [2.05, 4.69) is 10.6 Å². The summed E-state index contributed by atoms with van der Waals surface area (Å²) in [5.41, 5.74) is 2.14. The summed E-state index contributed by atoms with van der Waals surface area (Å²) in [6, 6.07) is 12.3. The fourth-order valence-corrected chi connectivity index (χ4v) is 2.67. The van der Waals surface area contributed by atoms with Crippen LogP contribution in [0.15, 0.2) is 42.5 Å². The molecule has 0 saturated heterocycles. The summed E-state index contributed by atoms with van der Waals surface area (Å²) in [5, 5.41) is 27.0. The highest BCUT2D eigenvalue weighted by Crippen LogP contribution is 2.28. The van der Waals surface area contributed by atoms with Crippen LogP contribution in [0.1, 0.15) is 44.9 Å². The zero-order valence-electron chi connectivity index (χ0n) is 18.1. The van der Waals surface area contributed by atoms with Crippen LogP contribution in [0.2, 0.25) is 0 Å². The van der Waals surface area contributed by atoms with Crippen molar-refractivity contribution in [2.75, 3.05) is 25.1 Å². The van der Waals surface area contributed by atoms with E-state index in [0.717, 1.165) is 11.1 Å². The summed E-state index contributed by atoms with van der Waals surface area (Å²) < 4.78 is 10.2. The largest absolute Gasteiger partial charge is 0.506 e. The molecule has 1 atom stereocenters. The van der Waals surface area contributed by atoms with Crippen molar-refractivity contribution >= 4 is 11.7 Å². The lowest BCUT2D eigenvalue weighted by Crippen LogP contribution is -2.38. The van der Waals surface area contributed by atoms with E-state index in [1.165, 1.54) is 0 Å². The van der Waals surface area contributed by atoms with Gasteiger partial charge in [0.15, 0.2) is 6.61 Å². The molecule has 7 nitrogen and oxygen atoms in total. The molecule has 2 aromatic carbocycles. The maximum Gasteiger partial charge on any atom is 0.344 e. The van der Waals surface area contributed by atoms with Crippen LogP contribution in [-0.2, 0) is 16.1 Å². The molecule has 0 fully saturated rings. The zero-order chi connectivity index (χ0) is 22.1. The van der Waals surface area contributed by atoms with Crippen molar-refractivity contribution in [3.05, 3.63) is 53.6 Å². The lowest BCUT2D eigenvalue weighted by Gasteiger charge is -2.23. The van der Waals surface area contributed by atoms with Crippen LogP contribution in [0, 0.1) is 0 Å². The SMILES string of the molecule is CCOC(=O)COc1ccc(CNc2cc(C(O)CNC(C)(C)C)ccc2O)cc1. The van der Waals surface area contributed by atoms with Gasteiger partial charge in [0.1, 0.15) is 11.5 Å². The summed E-state index contributed by atoms with van der Waals surface area (Å²) in [4.78, 5) is 11.3. The van der Waals surface area contributed by atoms with Crippen LogP contribution < -0.4 is 15.4 Å². The number of phenolic OH excluding ortho intramolecular Hbond substituents is 1. The summed E-state index contributed by atoms with van der Waals surface area (Å²) in [6.45, 7) is 8.96. The second-order valence-corrected chi connectivity index (χ2v) is 8.01. The van der Waals surface area contributed by atoms with Gasteiger partial charge in [-0.25, -0.2) is 4.79 Å². The Kier molecular flexibility index (Phi) is 8.50. The molecular formula is C23H32N2O5. The highest BCUT2D eigenvalue weighted by atomic mass is 16.6. The first-order valence-electron chi connectivity index (χ1n) is 10.0. The number of hydrogen-bond acceptors (Lipinski definition) is 7. The van der Waals surface area contributed by atoms with E-state index >= 15 is 0 Å². The average Bonchev–Trinajstić information content (AvgIpc) is 2.70. The monoisotopic (exact) mass is 416 g/mol. The number of carbonyl (C=O) groups excluding carboxylic acids is 1. The number of β-amino-alcohol motifs (C(OH)–C–C–N with tert-alkyl or cyclic N) is 1. The van der Waals surface area contributed by atoms with Crippen molar-refractivity contribution in [2.24, 2.45) is 0 Å². The third-order valence-corrected chi connectivity index (χ3v) is 4.30. The van der Waals surface area contributed by atoms with Crippen molar-refractivity contribution < 1.29 is 24.5 Å². The second kappa shape index (κ2) is 10.8. The maximum atomic E-state index is 11.3. The predicted molar refractivity (Wildman–Crippen MR) is 117 cm³/mol. The minimum absolute atomic E-state index is 0.0921. The molecule has 0 aliphatic carbocycles. The smallest absolute Gasteiger partial charge is 0.344 e. The number of ether oxygens (including phenoxy) is 2. The van der Waals surface area contributed by atoms with Crippen molar-refractivity contribution in [3.8, 4) is 11.5 Å². The van der Waals surface area contributed by atoms with Crippen molar-refractivity contribution in [2.45, 2.75) is 45.9 Å². The highest BCUT2D eigenvalue weighted by molar-refractivity contribution is 5.71. The maximum absolute atomic E-state index is 11.3. The predicted octanol–water partition coefficient (Wildman–Crippen LogP) is 3.37. The number of aliphatic hydroxyl groups excluding tert-OH is 1. The van der Waals surface area contributed by atoms with Crippen molar-refractivity contribution in [3.63, 3.8) is 0 Å². The van der Waals surface area contributed by atoms with Gasteiger partial charge in [0.05, 0.1) is 18.4 Å². The molecule has 0 saturated carbocycles. The summed E-state index contributed by atoms with van der Waals surface area (Å²) in [6.07, 6.45) is -0.679. The summed E-state index contributed by atoms with van der Waals surface area (Å²) in [7, 11) is 0. The van der Waals surface area contributed by atoms with Crippen LogP contribution in [0.25, 0.3) is 0 Å². The lowest BCUT2D eigenvalue weighted by molar-refractivity contribution is -0.145. The minimum atomic E-state index is -0.679. The molecule has 4 N–H and O–H groups in total. The third kappa shape index (κ3) is 7.93. The van der Waals surface area contributed by atoms with Gasteiger partial charge in [-0.3, -0.25) is 0 Å². The van der Waals surface area contributed by atoms with Crippen LogP contribution in [0.3, 0.4) is 0 Å². The molecule has 30 heavy (non-hydrogen) atoms. The highest BCUT2D eigenvalue weighted by Gasteiger charge is 2.15. The molecule has 0 bridgehead atoms. The Morgan fingerprint density at radius 2 is 1.83 bits per heavy atom.